The van der Waals surface area contributed by atoms with Gasteiger partial charge in [0.2, 0.25) is 11.8 Å². The Morgan fingerprint density at radius 2 is 1.97 bits per heavy atom. The van der Waals surface area contributed by atoms with Gasteiger partial charge in [0, 0.05) is 31.9 Å². The summed E-state index contributed by atoms with van der Waals surface area (Å²) in [5.41, 5.74) is 2.49. The fourth-order valence-corrected chi connectivity index (χ4v) is 3.19. The highest BCUT2D eigenvalue weighted by Gasteiger charge is 2.28. The summed E-state index contributed by atoms with van der Waals surface area (Å²) in [4.78, 5) is 22.4. The van der Waals surface area contributed by atoms with Gasteiger partial charge in [0.05, 0.1) is 16.9 Å². The van der Waals surface area contributed by atoms with Crippen LogP contribution in [0.3, 0.4) is 0 Å². The minimum Gasteiger partial charge on any atom is -0.467 e. The molecule has 0 bridgehead atoms. The molecule has 2 aromatic carbocycles. The number of hydrogen-bond acceptors (Lipinski definition) is 7. The largest absolute Gasteiger partial charge is 0.467 e. The van der Waals surface area contributed by atoms with E-state index in [1.807, 2.05) is 0 Å². The molecule has 0 fully saturated rings. The number of amides is 1. The minimum atomic E-state index is -0.376. The van der Waals surface area contributed by atoms with E-state index in [1.165, 1.54) is 37.4 Å². The number of anilines is 2. The molecule has 0 atom stereocenters. The molecule has 0 saturated carbocycles. The molecule has 4 aromatic rings. The van der Waals surface area contributed by atoms with Crippen LogP contribution >= 0.6 is 0 Å². The molecule has 0 saturated heterocycles. The lowest BCUT2D eigenvalue weighted by molar-refractivity contribution is -0.116. The normalized spacial score (nSPS) is 10.7. The zero-order chi connectivity index (χ0) is 22.5. The van der Waals surface area contributed by atoms with E-state index in [0.717, 1.165) is 0 Å². The molecule has 2 heterocycles. The number of aromatic nitrogens is 3. The molecule has 162 valence electrons. The third kappa shape index (κ3) is 4.33. The molecule has 1 amide bonds. The first-order valence-corrected chi connectivity index (χ1v) is 9.63. The number of methoxy groups -OCH3 is 1. The molecule has 8 nitrogen and oxygen atoms in total. The van der Waals surface area contributed by atoms with Gasteiger partial charge in [-0.15, -0.1) is 0 Å². The standard InChI is InChI=1S/C23H19FN4O4/c1-15(29)28(18-4-3-5-19(12-18)31-14-30-2)23-21(20-10-11-25-13-26-20)22(27-32-23)16-6-8-17(24)9-7-16/h3-13H,14H2,1-2H3. The van der Waals surface area contributed by atoms with E-state index in [0.29, 0.717) is 34.0 Å². The third-order valence-corrected chi connectivity index (χ3v) is 4.57. The molecule has 0 spiro atoms. The Morgan fingerprint density at radius 1 is 1.16 bits per heavy atom. The van der Waals surface area contributed by atoms with Gasteiger partial charge < -0.3 is 14.0 Å². The van der Waals surface area contributed by atoms with Crippen molar-refractivity contribution in [1.82, 2.24) is 15.1 Å². The Bertz CT molecular complexity index is 1210. The van der Waals surface area contributed by atoms with Crippen molar-refractivity contribution in [1.29, 1.82) is 0 Å². The van der Waals surface area contributed by atoms with Gasteiger partial charge in [0.15, 0.2) is 6.79 Å². The van der Waals surface area contributed by atoms with E-state index in [1.54, 1.807) is 48.7 Å². The van der Waals surface area contributed by atoms with Crippen molar-refractivity contribution in [3.63, 3.8) is 0 Å². The number of hydrogen-bond donors (Lipinski definition) is 0. The second-order valence-corrected chi connectivity index (χ2v) is 6.72. The maximum Gasteiger partial charge on any atom is 0.248 e. The van der Waals surface area contributed by atoms with E-state index in [4.69, 9.17) is 14.0 Å². The van der Waals surface area contributed by atoms with Gasteiger partial charge >= 0.3 is 0 Å². The second-order valence-electron chi connectivity index (χ2n) is 6.72. The van der Waals surface area contributed by atoms with E-state index in [2.05, 4.69) is 15.1 Å². The van der Waals surface area contributed by atoms with Crippen molar-refractivity contribution in [2.75, 3.05) is 18.8 Å². The summed E-state index contributed by atoms with van der Waals surface area (Å²) in [5, 5.41) is 4.19. The lowest BCUT2D eigenvalue weighted by atomic mass is 10.0. The van der Waals surface area contributed by atoms with E-state index < -0.39 is 0 Å². The fraction of sp³-hybridized carbons (Fsp3) is 0.130. The van der Waals surface area contributed by atoms with Crippen LogP contribution in [0.4, 0.5) is 16.0 Å². The van der Waals surface area contributed by atoms with Crippen molar-refractivity contribution in [3.8, 4) is 28.3 Å². The average molecular weight is 434 g/mol. The van der Waals surface area contributed by atoms with Gasteiger partial charge in [0.25, 0.3) is 0 Å². The number of carbonyl (C=O) groups is 1. The summed E-state index contributed by atoms with van der Waals surface area (Å²) in [6, 6.07) is 14.4. The number of ether oxygens (including phenoxy) is 2. The highest BCUT2D eigenvalue weighted by molar-refractivity contribution is 6.03. The maximum atomic E-state index is 13.5. The van der Waals surface area contributed by atoms with Gasteiger partial charge in [-0.1, -0.05) is 11.2 Å². The molecule has 32 heavy (non-hydrogen) atoms. The molecule has 0 aliphatic carbocycles. The van der Waals surface area contributed by atoms with Crippen LogP contribution in [0.5, 0.6) is 5.75 Å². The molecule has 0 aliphatic rings. The third-order valence-electron chi connectivity index (χ3n) is 4.57. The van der Waals surface area contributed by atoms with Crippen LogP contribution in [0, 0.1) is 5.82 Å². The molecule has 4 rings (SSSR count). The van der Waals surface area contributed by atoms with Gasteiger partial charge in [-0.3, -0.25) is 4.79 Å². The minimum absolute atomic E-state index is 0.0622. The Morgan fingerprint density at radius 3 is 2.66 bits per heavy atom. The SMILES string of the molecule is COCOc1cccc(N(C(C)=O)c2onc(-c3ccc(F)cc3)c2-c2ccncn2)c1. The average Bonchev–Trinajstić information content (AvgIpc) is 3.23. The van der Waals surface area contributed by atoms with Crippen molar-refractivity contribution < 1.29 is 23.2 Å². The van der Waals surface area contributed by atoms with E-state index in [9.17, 15) is 9.18 Å². The number of nitrogens with zero attached hydrogens (tertiary/aromatic N) is 4. The Hall–Kier alpha value is -4.11. The fourth-order valence-electron chi connectivity index (χ4n) is 3.19. The first-order valence-electron chi connectivity index (χ1n) is 9.63. The zero-order valence-corrected chi connectivity index (χ0v) is 17.4. The lowest BCUT2D eigenvalue weighted by Crippen LogP contribution is -2.23. The number of benzene rings is 2. The quantitative estimate of drug-likeness (QED) is 0.393. The summed E-state index contributed by atoms with van der Waals surface area (Å²) in [5.74, 6) is -0.0119. The molecule has 2 aromatic heterocycles. The highest BCUT2D eigenvalue weighted by atomic mass is 19.1. The maximum absolute atomic E-state index is 13.5. The highest BCUT2D eigenvalue weighted by Crippen LogP contribution is 2.41. The van der Waals surface area contributed by atoms with Crippen LogP contribution < -0.4 is 9.64 Å². The zero-order valence-electron chi connectivity index (χ0n) is 17.4. The molecule has 0 aliphatic heterocycles. The summed E-state index contributed by atoms with van der Waals surface area (Å²) >= 11 is 0. The Balaban J connectivity index is 1.88. The summed E-state index contributed by atoms with van der Waals surface area (Å²) in [6.45, 7) is 1.47. The van der Waals surface area contributed by atoms with Crippen LogP contribution in [-0.4, -0.2) is 34.9 Å². The van der Waals surface area contributed by atoms with Gasteiger partial charge in [-0.2, -0.15) is 0 Å². The summed E-state index contributed by atoms with van der Waals surface area (Å²) in [7, 11) is 1.52. The Kier molecular flexibility index (Phi) is 6.18. The van der Waals surface area contributed by atoms with Crippen LogP contribution in [0.2, 0.25) is 0 Å². The lowest BCUT2D eigenvalue weighted by Gasteiger charge is -2.20. The van der Waals surface area contributed by atoms with Gasteiger partial charge in [-0.05, 0) is 42.5 Å². The second kappa shape index (κ2) is 9.36. The van der Waals surface area contributed by atoms with Crippen molar-refractivity contribution in [2.45, 2.75) is 6.92 Å². The van der Waals surface area contributed by atoms with Crippen molar-refractivity contribution in [2.24, 2.45) is 0 Å². The molecular weight excluding hydrogens is 415 g/mol. The first-order chi connectivity index (χ1) is 15.6. The number of carbonyl (C=O) groups excluding carboxylic acids is 1. The number of halogens is 1. The monoisotopic (exact) mass is 434 g/mol. The molecular formula is C23H19FN4O4. The van der Waals surface area contributed by atoms with E-state index >= 15 is 0 Å². The summed E-state index contributed by atoms with van der Waals surface area (Å²) < 4.78 is 29.6. The van der Waals surface area contributed by atoms with Crippen LogP contribution in [0.25, 0.3) is 22.5 Å². The van der Waals surface area contributed by atoms with Gasteiger partial charge in [-0.25, -0.2) is 19.3 Å². The smallest absolute Gasteiger partial charge is 0.248 e. The molecule has 0 radical (unpaired) electrons. The van der Waals surface area contributed by atoms with Crippen molar-refractivity contribution in [3.05, 3.63) is 72.9 Å². The molecule has 0 N–H and O–H groups in total. The van der Waals surface area contributed by atoms with Crippen LogP contribution in [0.15, 0.2) is 71.6 Å². The van der Waals surface area contributed by atoms with Crippen molar-refractivity contribution >= 4 is 17.5 Å². The predicted octanol–water partition coefficient (Wildman–Crippen LogP) is 4.61. The van der Waals surface area contributed by atoms with Crippen LogP contribution in [0.1, 0.15) is 6.92 Å². The number of rotatable bonds is 7. The van der Waals surface area contributed by atoms with E-state index in [-0.39, 0.29) is 24.4 Å². The molecule has 9 heteroatoms. The van der Waals surface area contributed by atoms with Crippen LogP contribution in [-0.2, 0) is 9.53 Å². The first kappa shape index (κ1) is 21.1. The predicted molar refractivity (Wildman–Crippen MR) is 115 cm³/mol. The molecule has 0 unspecified atom stereocenters. The van der Waals surface area contributed by atoms with Gasteiger partial charge in [0.1, 0.15) is 23.6 Å². The Labute approximate surface area is 183 Å². The topological polar surface area (TPSA) is 90.6 Å². The summed E-state index contributed by atoms with van der Waals surface area (Å²) in [6.07, 6.45) is 2.96.